The Labute approximate surface area is 159 Å². The molecule has 8 heteroatoms. The molecule has 144 valence electrons. The van der Waals surface area contributed by atoms with E-state index in [4.69, 9.17) is 17.0 Å². The zero-order valence-corrected chi connectivity index (χ0v) is 16.4. The van der Waals surface area contributed by atoms with Gasteiger partial charge in [-0.15, -0.1) is 0 Å². The Morgan fingerprint density at radius 3 is 2.38 bits per heavy atom. The van der Waals surface area contributed by atoms with Crippen LogP contribution in [0.4, 0.5) is 5.69 Å². The molecule has 0 aliphatic carbocycles. The minimum Gasteiger partial charge on any atom is -0.497 e. The number of anilines is 1. The maximum absolute atomic E-state index is 12.2. The Balaban J connectivity index is 2.35. The van der Waals surface area contributed by atoms with Gasteiger partial charge in [-0.25, -0.2) is 4.79 Å². The maximum atomic E-state index is 12.2. The van der Waals surface area contributed by atoms with Crippen LogP contribution in [-0.2, 0) is 9.59 Å². The van der Waals surface area contributed by atoms with Crippen molar-refractivity contribution >= 4 is 34.9 Å². The Hall–Kier alpha value is -2.35. The van der Waals surface area contributed by atoms with Gasteiger partial charge in [0.25, 0.3) is 0 Å². The number of ether oxygens (including phenoxy) is 1. The number of carbonyl (C=O) groups excluding carboxylic acids is 1. The van der Waals surface area contributed by atoms with E-state index < -0.39 is 12.0 Å². The van der Waals surface area contributed by atoms with Crippen LogP contribution in [0.3, 0.4) is 0 Å². The van der Waals surface area contributed by atoms with Gasteiger partial charge in [0.2, 0.25) is 5.91 Å². The molecule has 0 saturated heterocycles. The fraction of sp³-hybridized carbons (Fsp3) is 0.500. The highest BCUT2D eigenvalue weighted by molar-refractivity contribution is 7.80. The molecule has 0 fully saturated rings. The molecule has 7 nitrogen and oxygen atoms in total. The number of amides is 1. The third-order valence-corrected chi connectivity index (χ3v) is 4.14. The van der Waals surface area contributed by atoms with Crippen LogP contribution in [0.15, 0.2) is 24.3 Å². The largest absolute Gasteiger partial charge is 0.497 e. The fourth-order valence-electron chi connectivity index (χ4n) is 2.52. The van der Waals surface area contributed by atoms with Gasteiger partial charge in [0, 0.05) is 25.7 Å². The van der Waals surface area contributed by atoms with E-state index in [1.807, 2.05) is 24.3 Å². The minimum atomic E-state index is -0.987. The van der Waals surface area contributed by atoms with E-state index >= 15 is 0 Å². The molecule has 0 saturated carbocycles. The van der Waals surface area contributed by atoms with Crippen LogP contribution < -0.4 is 15.4 Å². The van der Waals surface area contributed by atoms with Crippen molar-refractivity contribution in [2.24, 2.45) is 5.92 Å². The quantitative estimate of drug-likeness (QED) is 0.447. The van der Waals surface area contributed by atoms with Gasteiger partial charge >= 0.3 is 5.97 Å². The first-order valence-corrected chi connectivity index (χ1v) is 8.84. The van der Waals surface area contributed by atoms with Crippen LogP contribution in [0.1, 0.15) is 26.7 Å². The van der Waals surface area contributed by atoms with Gasteiger partial charge in [-0.05, 0) is 48.8 Å². The molecule has 1 aromatic carbocycles. The average Bonchev–Trinajstić information content (AvgIpc) is 2.58. The Morgan fingerprint density at radius 1 is 1.27 bits per heavy atom. The van der Waals surface area contributed by atoms with Crippen molar-refractivity contribution in [2.75, 3.05) is 26.0 Å². The maximum Gasteiger partial charge on any atom is 0.326 e. The minimum absolute atomic E-state index is 0.152. The molecule has 0 bridgehead atoms. The lowest BCUT2D eigenvalue weighted by Gasteiger charge is -2.27. The normalized spacial score (nSPS) is 11.6. The third kappa shape index (κ3) is 6.87. The monoisotopic (exact) mass is 381 g/mol. The van der Waals surface area contributed by atoms with Crippen LogP contribution in [0, 0.1) is 5.92 Å². The lowest BCUT2D eigenvalue weighted by molar-refractivity contribution is -0.151. The summed E-state index contributed by atoms with van der Waals surface area (Å²) in [5.74, 6) is -0.570. The molecule has 0 radical (unpaired) electrons. The van der Waals surface area contributed by atoms with Gasteiger partial charge in [-0.3, -0.25) is 4.79 Å². The van der Waals surface area contributed by atoms with Gasteiger partial charge in [0.05, 0.1) is 7.11 Å². The summed E-state index contributed by atoms with van der Waals surface area (Å²) in [5, 5.41) is 15.8. The summed E-state index contributed by atoms with van der Waals surface area (Å²) in [4.78, 5) is 24.8. The van der Waals surface area contributed by atoms with Gasteiger partial charge in [-0.2, -0.15) is 0 Å². The lowest BCUT2D eigenvalue weighted by atomic mass is 10.0. The second-order valence-corrected chi connectivity index (χ2v) is 6.65. The van der Waals surface area contributed by atoms with Crippen LogP contribution in [-0.4, -0.2) is 53.7 Å². The predicted molar refractivity (Wildman–Crippen MR) is 105 cm³/mol. The summed E-state index contributed by atoms with van der Waals surface area (Å²) in [6.07, 6.45) is 0.809. The number of nitrogens with zero attached hydrogens (tertiary/aromatic N) is 1. The van der Waals surface area contributed by atoms with Crippen molar-refractivity contribution in [3.63, 3.8) is 0 Å². The molecular weight excluding hydrogens is 354 g/mol. The molecule has 1 unspecified atom stereocenters. The molecule has 1 rings (SSSR count). The zero-order valence-electron chi connectivity index (χ0n) is 15.6. The highest BCUT2D eigenvalue weighted by atomic mass is 32.1. The molecule has 1 atom stereocenters. The Morgan fingerprint density at radius 2 is 1.88 bits per heavy atom. The molecular formula is C18H27N3O4S. The smallest absolute Gasteiger partial charge is 0.326 e. The number of hydrogen-bond acceptors (Lipinski definition) is 4. The molecule has 0 aliphatic rings. The molecule has 0 spiro atoms. The standard InChI is InChI=1S/C18H27N3O4S/c1-12(2)16(17(23)24)21(3)15(22)6-5-11-19-18(26)20-13-7-9-14(25-4)10-8-13/h7-10,12,16H,5-6,11H2,1-4H3,(H,23,24)(H2,19,20,26). The molecule has 1 aromatic rings. The number of rotatable bonds is 9. The van der Waals surface area contributed by atoms with E-state index in [1.54, 1.807) is 21.0 Å². The molecule has 0 aliphatic heterocycles. The fourth-order valence-corrected chi connectivity index (χ4v) is 2.74. The molecule has 1 amide bonds. The Bertz CT molecular complexity index is 619. The van der Waals surface area contributed by atoms with Crippen LogP contribution >= 0.6 is 12.2 Å². The number of hydrogen-bond donors (Lipinski definition) is 3. The summed E-state index contributed by atoms with van der Waals surface area (Å²) >= 11 is 5.21. The van der Waals surface area contributed by atoms with E-state index in [1.165, 1.54) is 11.9 Å². The number of carbonyl (C=O) groups is 2. The van der Waals surface area contributed by atoms with Crippen molar-refractivity contribution in [3.8, 4) is 5.75 Å². The second kappa shape index (κ2) is 10.6. The van der Waals surface area contributed by atoms with E-state index in [9.17, 15) is 14.7 Å². The summed E-state index contributed by atoms with van der Waals surface area (Å²) in [5.41, 5.74) is 0.834. The lowest BCUT2D eigenvalue weighted by Crippen LogP contribution is -2.45. The van der Waals surface area contributed by atoms with E-state index in [-0.39, 0.29) is 18.2 Å². The third-order valence-electron chi connectivity index (χ3n) is 3.90. The van der Waals surface area contributed by atoms with Crippen molar-refractivity contribution in [3.05, 3.63) is 24.3 Å². The zero-order chi connectivity index (χ0) is 19.7. The van der Waals surface area contributed by atoms with Crippen LogP contribution in [0.5, 0.6) is 5.75 Å². The summed E-state index contributed by atoms with van der Waals surface area (Å²) in [7, 11) is 3.14. The highest BCUT2D eigenvalue weighted by Crippen LogP contribution is 2.15. The SMILES string of the molecule is COc1ccc(NC(=S)NCCCC(=O)N(C)C(C(=O)O)C(C)C)cc1. The van der Waals surface area contributed by atoms with Gasteiger partial charge in [-0.1, -0.05) is 13.8 Å². The van der Waals surface area contributed by atoms with Gasteiger partial charge in [0.1, 0.15) is 11.8 Å². The topological polar surface area (TPSA) is 90.9 Å². The number of carboxylic acid groups (broad SMARTS) is 1. The van der Waals surface area contributed by atoms with Crippen molar-refractivity contribution in [1.29, 1.82) is 0 Å². The molecule has 0 heterocycles. The first-order chi connectivity index (χ1) is 12.3. The summed E-state index contributed by atoms with van der Waals surface area (Å²) in [6.45, 7) is 4.09. The number of methoxy groups -OCH3 is 1. The second-order valence-electron chi connectivity index (χ2n) is 6.24. The van der Waals surface area contributed by atoms with E-state index in [0.29, 0.717) is 18.1 Å². The van der Waals surface area contributed by atoms with Crippen molar-refractivity contribution in [2.45, 2.75) is 32.7 Å². The molecule has 3 N–H and O–H groups in total. The number of thiocarbonyl (C=S) groups is 1. The van der Waals surface area contributed by atoms with Gasteiger partial charge < -0.3 is 25.4 Å². The van der Waals surface area contributed by atoms with Crippen molar-refractivity contribution in [1.82, 2.24) is 10.2 Å². The molecule has 0 aromatic heterocycles. The number of carboxylic acids is 1. The average molecular weight is 381 g/mol. The summed E-state index contributed by atoms with van der Waals surface area (Å²) < 4.78 is 5.09. The number of nitrogens with one attached hydrogen (secondary N) is 2. The predicted octanol–water partition coefficient (Wildman–Crippen LogP) is 2.33. The van der Waals surface area contributed by atoms with Crippen LogP contribution in [0.2, 0.25) is 0 Å². The number of likely N-dealkylation sites (N-methyl/N-ethyl adjacent to an activating group) is 1. The highest BCUT2D eigenvalue weighted by Gasteiger charge is 2.28. The Kier molecular flexibility index (Phi) is 8.84. The number of aliphatic carboxylic acids is 1. The van der Waals surface area contributed by atoms with Crippen molar-refractivity contribution < 1.29 is 19.4 Å². The molecule has 26 heavy (non-hydrogen) atoms. The van der Waals surface area contributed by atoms with E-state index in [2.05, 4.69) is 10.6 Å². The van der Waals surface area contributed by atoms with Crippen LogP contribution in [0.25, 0.3) is 0 Å². The first kappa shape index (κ1) is 21.7. The van der Waals surface area contributed by atoms with E-state index in [0.717, 1.165) is 11.4 Å². The first-order valence-electron chi connectivity index (χ1n) is 8.43. The van der Waals surface area contributed by atoms with Gasteiger partial charge in [0.15, 0.2) is 5.11 Å². The summed E-state index contributed by atoms with van der Waals surface area (Å²) in [6, 6.07) is 6.54. The number of benzene rings is 1.